The van der Waals surface area contributed by atoms with Crippen LogP contribution in [0.15, 0.2) is 54.2 Å². The second-order valence-corrected chi connectivity index (χ2v) is 24.6. The van der Waals surface area contributed by atoms with Gasteiger partial charge in [-0.2, -0.15) is 0 Å². The van der Waals surface area contributed by atoms with Crippen molar-refractivity contribution in [2.45, 2.75) is 206 Å². The zero-order chi connectivity index (χ0) is 75.0. The molecule has 0 spiro atoms. The summed E-state index contributed by atoms with van der Waals surface area (Å²) in [4.78, 5) is 52.6. The molecule has 8 N–H and O–H groups in total. The van der Waals surface area contributed by atoms with Gasteiger partial charge in [0, 0.05) is 70.0 Å². The van der Waals surface area contributed by atoms with Crippen LogP contribution >= 0.6 is 0 Å². The molecule has 0 aromatic heterocycles. The molecule has 0 unspecified atom stereocenters. The van der Waals surface area contributed by atoms with Crippen LogP contribution in [0.2, 0.25) is 0 Å². The number of hydrogen-bond donors (Lipinski definition) is 8. The van der Waals surface area contributed by atoms with Gasteiger partial charge in [0.25, 0.3) is 17.7 Å². The number of aliphatic carboxylic acids is 1. The van der Waals surface area contributed by atoms with Crippen molar-refractivity contribution in [3.8, 4) is 17.2 Å². The monoisotopic (exact) mass is 1380 g/mol. The second kappa shape index (κ2) is 65.7. The molecule has 1 aromatic rings. The SMILES string of the molecule is C/C=N/OC(C)(C)C(=O)NCCOCCNC(=O)c1cc(OCCOCCC(C)C)c(OCCOCCC(C)C)c(OCCOCCC(C)C)c1.C=C.C=CC(C(=O)NCCOC(C)(C)CCO)=C(C)C.CC.CC.CC(C)(CO)OCCOCCC(=O)O.CC(C)(O)CCO. The summed E-state index contributed by atoms with van der Waals surface area (Å²) in [6, 6.07) is 3.29. The Balaban J connectivity index is -0.000000362. The molecule has 24 nitrogen and oxygen atoms in total. The van der Waals surface area contributed by atoms with E-state index in [0.29, 0.717) is 125 Å². The van der Waals surface area contributed by atoms with Gasteiger partial charge in [-0.05, 0) is 138 Å². The van der Waals surface area contributed by atoms with Crippen LogP contribution < -0.4 is 30.2 Å². The van der Waals surface area contributed by atoms with Crippen LogP contribution in [0.4, 0.5) is 0 Å². The van der Waals surface area contributed by atoms with E-state index in [0.717, 1.165) is 24.8 Å². The van der Waals surface area contributed by atoms with E-state index in [1.54, 1.807) is 66.7 Å². The lowest BCUT2D eigenvalue weighted by Crippen LogP contribution is -2.44. The number of hydrogen-bond acceptors (Lipinski definition) is 20. The number of carbonyl (C=O) groups excluding carboxylic acids is 3. The third-order valence-electron chi connectivity index (χ3n) is 12.1. The molecule has 0 bridgehead atoms. The number of aliphatic hydroxyl groups excluding tert-OH is 3. The van der Waals surface area contributed by atoms with E-state index in [1.807, 2.05) is 55.4 Å². The number of aliphatic hydroxyl groups is 4. The van der Waals surface area contributed by atoms with Gasteiger partial charge in [0.1, 0.15) is 19.8 Å². The fourth-order valence-corrected chi connectivity index (χ4v) is 6.48. The van der Waals surface area contributed by atoms with E-state index >= 15 is 0 Å². The van der Waals surface area contributed by atoms with E-state index in [-0.39, 0.29) is 102 Å². The molecule has 24 heteroatoms. The molecule has 0 fully saturated rings. The lowest BCUT2D eigenvalue weighted by molar-refractivity contribution is -0.143. The Morgan fingerprint density at radius 2 is 0.979 bits per heavy atom. The predicted molar refractivity (Wildman–Crippen MR) is 385 cm³/mol. The number of nitrogens with one attached hydrogen (secondary N) is 3. The summed E-state index contributed by atoms with van der Waals surface area (Å²) in [7, 11) is 0. The third-order valence-corrected chi connectivity index (χ3v) is 12.1. The molecule has 0 aliphatic carbocycles. The Morgan fingerprint density at radius 3 is 1.38 bits per heavy atom. The summed E-state index contributed by atoms with van der Waals surface area (Å²) in [5.74, 6) is 1.13. The second-order valence-electron chi connectivity index (χ2n) is 24.6. The van der Waals surface area contributed by atoms with Crippen molar-refractivity contribution >= 4 is 29.9 Å². The first-order valence-electron chi connectivity index (χ1n) is 34.1. The van der Waals surface area contributed by atoms with Crippen molar-refractivity contribution in [2.75, 3.05) is 139 Å². The van der Waals surface area contributed by atoms with E-state index in [9.17, 15) is 19.2 Å². The first-order chi connectivity index (χ1) is 45.2. The maximum Gasteiger partial charge on any atom is 0.305 e. The predicted octanol–water partition coefficient (Wildman–Crippen LogP) is 10.7. The molecule has 0 saturated carbocycles. The molecular weight excluding hydrogens is 1240 g/mol. The Hall–Kier alpha value is -5.25. The lowest BCUT2D eigenvalue weighted by atomic mass is 10.1. The highest BCUT2D eigenvalue weighted by molar-refractivity contribution is 5.97. The number of nitrogens with zero attached hydrogens (tertiary/aromatic N) is 1. The number of oxime groups is 1. The molecule has 0 saturated heterocycles. The van der Waals surface area contributed by atoms with Crippen molar-refractivity contribution in [3.05, 3.63) is 54.7 Å². The van der Waals surface area contributed by atoms with Crippen LogP contribution in [0.25, 0.3) is 0 Å². The van der Waals surface area contributed by atoms with Crippen molar-refractivity contribution < 1.29 is 96.9 Å². The normalized spacial score (nSPS) is 11.1. The molecule has 0 heterocycles. The number of rotatable bonds is 49. The van der Waals surface area contributed by atoms with Gasteiger partial charge < -0.3 is 93.7 Å². The summed E-state index contributed by atoms with van der Waals surface area (Å²) in [5, 5.41) is 55.2. The Labute approximate surface area is 580 Å². The summed E-state index contributed by atoms with van der Waals surface area (Å²) in [5.41, 5.74) is -0.850. The fourth-order valence-electron chi connectivity index (χ4n) is 6.48. The highest BCUT2D eigenvalue weighted by atomic mass is 16.7. The summed E-state index contributed by atoms with van der Waals surface area (Å²) >= 11 is 0. The van der Waals surface area contributed by atoms with Crippen LogP contribution in [-0.4, -0.2) is 216 Å². The van der Waals surface area contributed by atoms with Crippen LogP contribution in [0, 0.1) is 17.8 Å². The molecule has 3 amide bonds. The highest BCUT2D eigenvalue weighted by Gasteiger charge is 2.30. The zero-order valence-corrected chi connectivity index (χ0v) is 63.6. The van der Waals surface area contributed by atoms with Gasteiger partial charge >= 0.3 is 5.97 Å². The van der Waals surface area contributed by atoms with Gasteiger partial charge in [0.15, 0.2) is 11.5 Å². The zero-order valence-electron chi connectivity index (χ0n) is 63.6. The maximum absolute atomic E-state index is 13.3. The first-order valence-corrected chi connectivity index (χ1v) is 34.1. The minimum atomic E-state index is -1.10. The first kappa shape index (κ1) is 102. The van der Waals surface area contributed by atoms with Crippen LogP contribution in [-0.2, 0) is 52.4 Å². The van der Waals surface area contributed by atoms with Crippen LogP contribution in [0.1, 0.15) is 194 Å². The molecule has 0 aliphatic heterocycles. The number of amides is 3. The van der Waals surface area contributed by atoms with Gasteiger partial charge in [0.05, 0.1) is 89.3 Å². The van der Waals surface area contributed by atoms with Gasteiger partial charge in [-0.1, -0.05) is 92.6 Å². The highest BCUT2D eigenvalue weighted by Crippen LogP contribution is 2.39. The number of carboxylic acids is 1. The largest absolute Gasteiger partial charge is 0.487 e. The number of carbonyl (C=O) groups is 4. The number of carboxylic acid groups (broad SMARTS) is 1. The maximum atomic E-state index is 13.3. The van der Waals surface area contributed by atoms with E-state index in [1.165, 1.54) is 6.21 Å². The topological polar surface area (TPSA) is 319 Å². The van der Waals surface area contributed by atoms with Crippen molar-refractivity contribution in [3.63, 3.8) is 0 Å². The number of benzene rings is 1. The molecular formula is C72H138N4O20. The molecule has 96 heavy (non-hydrogen) atoms. The molecule has 1 rings (SSSR count). The third kappa shape index (κ3) is 66.0. The fraction of sp³-hybridized carbons (Fsp3) is 0.764. The summed E-state index contributed by atoms with van der Waals surface area (Å²) in [6.07, 6.45) is 6.93. The standard InChI is InChI=1S/C38H67N3O10.C14H25NO3.C9H18O5.C5H12O2.2C2H6.C2H4/c1-10-41-51-38(8,9)37(43)40-15-20-47-19-14-39-36(42)32-27-33(48-24-21-44-16-11-29(2)3)35(50-26-23-46-18-13-31(6)7)34(28-32)49-25-22-45-17-12-30(4)5;1-6-12(11(2)3)13(17)15-8-10-18-14(4,5)7-9-16;1-9(2,7-10)14-6-5-13-4-3-8(11)12;1-5(2,7)3-4-6;3*1-2/h10,27-31H,11-26H2,1-9H3,(H,39,42)(H,40,43);6,16H,1,7-10H2,2-5H3,(H,15,17);10H,3-7H2,1-2H3,(H,11,12);6-7H,3-4H2,1-2H3;2*1-2H3;1-2H2/b41-10+;;;;;;. The minimum Gasteiger partial charge on any atom is -0.487 e. The van der Waals surface area contributed by atoms with Gasteiger partial charge in [-0.15, -0.1) is 13.2 Å². The molecule has 0 aliphatic rings. The number of allylic oxidation sites excluding steroid dienone is 1. The smallest absolute Gasteiger partial charge is 0.305 e. The van der Waals surface area contributed by atoms with Crippen LogP contribution in [0.3, 0.4) is 0 Å². The van der Waals surface area contributed by atoms with Gasteiger partial charge in [-0.25, -0.2) is 0 Å². The van der Waals surface area contributed by atoms with Crippen molar-refractivity contribution in [2.24, 2.45) is 22.9 Å². The van der Waals surface area contributed by atoms with E-state index in [4.69, 9.17) is 77.7 Å². The molecule has 1 aromatic carbocycles. The Kier molecular flexibility index (Phi) is 69.6. The quantitative estimate of drug-likeness (QED) is 0.00750. The average molecular weight is 1380 g/mol. The minimum absolute atomic E-state index is 0.00337. The number of ether oxygens (including phenoxy) is 10. The van der Waals surface area contributed by atoms with Crippen LogP contribution in [0.5, 0.6) is 17.2 Å². The summed E-state index contributed by atoms with van der Waals surface area (Å²) in [6.45, 7) is 56.7. The van der Waals surface area contributed by atoms with Gasteiger partial charge in [-0.3, -0.25) is 19.2 Å². The summed E-state index contributed by atoms with van der Waals surface area (Å²) < 4.78 is 57.2. The Bertz CT molecular complexity index is 2070. The lowest BCUT2D eigenvalue weighted by Gasteiger charge is -2.24. The van der Waals surface area contributed by atoms with E-state index < -0.39 is 22.8 Å². The molecule has 0 radical (unpaired) electrons. The van der Waals surface area contributed by atoms with Crippen molar-refractivity contribution in [1.82, 2.24) is 16.0 Å². The van der Waals surface area contributed by atoms with E-state index in [2.05, 4.69) is 82.4 Å². The molecule has 0 atom stereocenters. The molecule has 566 valence electrons. The Morgan fingerprint density at radius 1 is 0.562 bits per heavy atom. The van der Waals surface area contributed by atoms with Gasteiger partial charge in [0.2, 0.25) is 11.4 Å². The van der Waals surface area contributed by atoms with Crippen molar-refractivity contribution in [1.29, 1.82) is 0 Å². The average Bonchev–Trinajstić information content (AvgIpc) is 0.863.